The van der Waals surface area contributed by atoms with Gasteiger partial charge in [-0.15, -0.1) is 0 Å². The van der Waals surface area contributed by atoms with E-state index in [-0.39, 0.29) is 18.8 Å². The monoisotopic (exact) mass is 376 g/mol. The molecule has 0 aliphatic rings. The summed E-state index contributed by atoms with van der Waals surface area (Å²) >= 11 is 0. The van der Waals surface area contributed by atoms with Crippen LogP contribution in [0.15, 0.2) is 23.8 Å². The van der Waals surface area contributed by atoms with Gasteiger partial charge in [0.15, 0.2) is 0 Å². The third-order valence-corrected chi connectivity index (χ3v) is 3.55. The Morgan fingerprint density at radius 3 is 2.41 bits per heavy atom. The van der Waals surface area contributed by atoms with Crippen LogP contribution in [0.5, 0.6) is 5.75 Å². The summed E-state index contributed by atoms with van der Waals surface area (Å²) in [5, 5.41) is 9.27. The first-order valence-corrected chi connectivity index (χ1v) is 8.83. The fourth-order valence-corrected chi connectivity index (χ4v) is 2.13. The Labute approximate surface area is 161 Å². The van der Waals surface area contributed by atoms with Gasteiger partial charge >= 0.3 is 5.97 Å². The minimum absolute atomic E-state index is 0.0718. The summed E-state index contributed by atoms with van der Waals surface area (Å²) in [6.45, 7) is 4.01. The molecule has 1 aromatic rings. The van der Waals surface area contributed by atoms with E-state index in [2.05, 4.69) is 0 Å². The van der Waals surface area contributed by atoms with E-state index in [1.54, 1.807) is 6.07 Å². The topological polar surface area (TPSA) is 81.0 Å². The molecule has 7 nitrogen and oxygen atoms in total. The molecule has 0 heterocycles. The maximum atomic E-state index is 12.1. The molecule has 0 radical (unpaired) electrons. The highest BCUT2D eigenvalue weighted by Crippen LogP contribution is 2.26. The minimum Gasteiger partial charge on any atom is -0.496 e. The lowest BCUT2D eigenvalue weighted by Gasteiger charge is -2.15. The van der Waals surface area contributed by atoms with Crippen LogP contribution in [0.4, 0.5) is 5.69 Å². The van der Waals surface area contributed by atoms with Gasteiger partial charge in [0.05, 0.1) is 26.9 Å². The quantitative estimate of drug-likeness (QED) is 0.240. The number of benzene rings is 1. The zero-order chi connectivity index (χ0) is 20.1. The van der Waals surface area contributed by atoms with Crippen molar-refractivity contribution in [2.24, 2.45) is 0 Å². The fourth-order valence-electron chi connectivity index (χ4n) is 2.13. The zero-order valence-corrected chi connectivity index (χ0v) is 16.5. The van der Waals surface area contributed by atoms with Crippen molar-refractivity contribution in [3.05, 3.63) is 29.3 Å². The number of nitriles is 1. The van der Waals surface area contributed by atoms with Crippen molar-refractivity contribution >= 4 is 17.7 Å². The Balaban J connectivity index is 2.59. The van der Waals surface area contributed by atoms with Crippen LogP contribution in [-0.2, 0) is 19.0 Å². The average Bonchev–Trinajstić information content (AvgIpc) is 2.67. The zero-order valence-electron chi connectivity index (χ0n) is 16.5. The van der Waals surface area contributed by atoms with E-state index in [9.17, 15) is 10.1 Å². The van der Waals surface area contributed by atoms with Crippen LogP contribution in [0.2, 0.25) is 0 Å². The molecule has 1 rings (SSSR count). The van der Waals surface area contributed by atoms with Crippen LogP contribution in [0.1, 0.15) is 18.9 Å². The van der Waals surface area contributed by atoms with E-state index in [1.807, 2.05) is 44.1 Å². The second-order valence-corrected chi connectivity index (χ2v) is 5.85. The number of methoxy groups -OCH3 is 1. The Kier molecular flexibility index (Phi) is 10.6. The lowest BCUT2D eigenvalue weighted by Crippen LogP contribution is -2.14. The molecule has 0 amide bonds. The molecule has 0 saturated heterocycles. The van der Waals surface area contributed by atoms with E-state index in [0.717, 1.165) is 12.1 Å². The second-order valence-electron chi connectivity index (χ2n) is 5.85. The summed E-state index contributed by atoms with van der Waals surface area (Å²) in [5.41, 5.74) is 1.48. The first kappa shape index (κ1) is 22.5. The normalized spacial score (nSPS) is 11.0. The van der Waals surface area contributed by atoms with Gasteiger partial charge < -0.3 is 23.8 Å². The Morgan fingerprint density at radius 2 is 1.81 bits per heavy atom. The maximum absolute atomic E-state index is 12.1. The molecule has 0 aliphatic heterocycles. The Morgan fingerprint density at radius 1 is 1.15 bits per heavy atom. The molecular formula is C20H28N2O5. The van der Waals surface area contributed by atoms with Crippen LogP contribution in [-0.4, -0.2) is 60.2 Å². The number of esters is 1. The van der Waals surface area contributed by atoms with Crippen molar-refractivity contribution in [2.75, 3.05) is 59.1 Å². The van der Waals surface area contributed by atoms with Crippen molar-refractivity contribution in [3.63, 3.8) is 0 Å². The lowest BCUT2D eigenvalue weighted by molar-refractivity contribution is -0.140. The van der Waals surface area contributed by atoms with Crippen molar-refractivity contribution in [1.82, 2.24) is 0 Å². The van der Waals surface area contributed by atoms with Crippen LogP contribution >= 0.6 is 0 Å². The molecule has 0 fully saturated rings. The molecular weight excluding hydrogens is 348 g/mol. The first-order chi connectivity index (χ1) is 13.0. The number of rotatable bonds is 12. The lowest BCUT2D eigenvalue weighted by atomic mass is 10.1. The van der Waals surface area contributed by atoms with Gasteiger partial charge in [-0.1, -0.05) is 6.92 Å². The summed E-state index contributed by atoms with van der Waals surface area (Å²) in [7, 11) is 5.37. The maximum Gasteiger partial charge on any atom is 0.348 e. The van der Waals surface area contributed by atoms with E-state index in [0.29, 0.717) is 31.1 Å². The van der Waals surface area contributed by atoms with Gasteiger partial charge in [0.2, 0.25) is 0 Å². The largest absolute Gasteiger partial charge is 0.496 e. The van der Waals surface area contributed by atoms with Gasteiger partial charge in [-0.25, -0.2) is 4.79 Å². The van der Waals surface area contributed by atoms with Crippen molar-refractivity contribution < 1.29 is 23.7 Å². The Bertz CT molecular complexity index is 665. The predicted octanol–water partition coefficient (Wildman–Crippen LogP) is 2.65. The van der Waals surface area contributed by atoms with Gasteiger partial charge in [-0.05, 0) is 24.6 Å². The van der Waals surface area contributed by atoms with Gasteiger partial charge in [-0.3, -0.25) is 0 Å². The third kappa shape index (κ3) is 8.11. The summed E-state index contributed by atoms with van der Waals surface area (Å²) in [6.07, 6.45) is 2.42. The van der Waals surface area contributed by atoms with Gasteiger partial charge in [0, 0.05) is 38.0 Å². The number of ether oxygens (including phenoxy) is 4. The average molecular weight is 376 g/mol. The summed E-state index contributed by atoms with van der Waals surface area (Å²) in [5.74, 6) is -0.126. The van der Waals surface area contributed by atoms with Crippen molar-refractivity contribution in [2.45, 2.75) is 13.3 Å². The van der Waals surface area contributed by atoms with Crippen molar-refractivity contribution in [1.29, 1.82) is 5.26 Å². The van der Waals surface area contributed by atoms with Gasteiger partial charge in [-0.2, -0.15) is 5.26 Å². The van der Waals surface area contributed by atoms with E-state index >= 15 is 0 Å². The fraction of sp³-hybridized carbons (Fsp3) is 0.500. The van der Waals surface area contributed by atoms with Crippen LogP contribution in [0.25, 0.3) is 6.08 Å². The molecule has 7 heteroatoms. The molecule has 0 atom stereocenters. The number of nitrogens with zero attached hydrogens (tertiary/aromatic N) is 2. The number of carbonyl (C=O) groups is 1. The first-order valence-electron chi connectivity index (χ1n) is 8.83. The van der Waals surface area contributed by atoms with Gasteiger partial charge in [0.25, 0.3) is 0 Å². The number of anilines is 1. The SMILES string of the molecule is CCCOCCOCCOC(=O)/C(C#N)=C/c1ccc(N(C)C)cc1OC. The van der Waals surface area contributed by atoms with Crippen molar-refractivity contribution in [3.8, 4) is 11.8 Å². The summed E-state index contributed by atoms with van der Waals surface area (Å²) in [6, 6.07) is 7.38. The summed E-state index contributed by atoms with van der Waals surface area (Å²) in [4.78, 5) is 14.0. The molecule has 0 saturated carbocycles. The molecule has 0 aliphatic carbocycles. The number of hydrogen-bond acceptors (Lipinski definition) is 7. The predicted molar refractivity (Wildman–Crippen MR) is 104 cm³/mol. The minimum atomic E-state index is -0.693. The molecule has 148 valence electrons. The molecule has 1 aromatic carbocycles. The molecule has 0 bridgehead atoms. The number of hydrogen-bond donors (Lipinski definition) is 0. The molecule has 0 unspecified atom stereocenters. The molecule has 0 N–H and O–H groups in total. The highest BCUT2D eigenvalue weighted by atomic mass is 16.6. The standard InChI is InChI=1S/C20H28N2O5/c1-5-8-25-9-10-26-11-12-27-20(23)17(15-21)13-16-6-7-18(22(2)3)14-19(16)24-4/h6-7,13-14H,5,8-12H2,1-4H3/b17-13+. The smallest absolute Gasteiger partial charge is 0.348 e. The second kappa shape index (κ2) is 12.7. The van der Waals surface area contributed by atoms with E-state index in [4.69, 9.17) is 18.9 Å². The van der Waals surface area contributed by atoms with Crippen LogP contribution < -0.4 is 9.64 Å². The highest BCUT2D eigenvalue weighted by Gasteiger charge is 2.13. The van der Waals surface area contributed by atoms with Crippen LogP contribution in [0.3, 0.4) is 0 Å². The number of carbonyl (C=O) groups excluding carboxylic acids is 1. The van der Waals surface area contributed by atoms with Crippen LogP contribution in [0, 0.1) is 11.3 Å². The molecule has 0 aromatic heterocycles. The van der Waals surface area contributed by atoms with E-state index in [1.165, 1.54) is 13.2 Å². The third-order valence-electron chi connectivity index (χ3n) is 3.55. The summed E-state index contributed by atoms with van der Waals surface area (Å²) < 4.78 is 21.0. The molecule has 27 heavy (non-hydrogen) atoms. The Hall–Kier alpha value is -2.56. The molecule has 0 spiro atoms. The van der Waals surface area contributed by atoms with E-state index < -0.39 is 5.97 Å². The highest BCUT2D eigenvalue weighted by molar-refractivity contribution is 5.98. The van der Waals surface area contributed by atoms with Gasteiger partial charge in [0.1, 0.15) is 24.0 Å².